The van der Waals surface area contributed by atoms with Crippen molar-refractivity contribution in [3.63, 3.8) is 0 Å². The van der Waals surface area contributed by atoms with Crippen molar-refractivity contribution in [2.24, 2.45) is 17.8 Å². The van der Waals surface area contributed by atoms with Crippen molar-refractivity contribution in [1.29, 1.82) is 0 Å². The molecule has 4 rings (SSSR count). The topological polar surface area (TPSA) is 288 Å². The van der Waals surface area contributed by atoms with E-state index in [2.05, 4.69) is 93.9 Å². The number of ether oxygens (including phenoxy) is 10. The monoisotopic (exact) mass is 1550 g/mol. The third kappa shape index (κ3) is 33.9. The fraction of sp³-hybridized carbons (Fsp3) is 0.653. The molecular formula is C75H126O22P2Si4. The molecule has 6 atom stereocenters. The summed E-state index contributed by atoms with van der Waals surface area (Å²) in [6.45, 7) is 44.1. The van der Waals surface area contributed by atoms with Crippen LogP contribution in [0.3, 0.4) is 0 Å². The maximum Gasteiger partial charge on any atom is 0.342 e. The summed E-state index contributed by atoms with van der Waals surface area (Å²) in [5.74, 6) is -1.41. The molecule has 0 bridgehead atoms. The number of benzene rings is 2. The number of aliphatic hydroxyl groups is 1. The van der Waals surface area contributed by atoms with Crippen LogP contribution in [0.25, 0.3) is 0 Å². The molecule has 103 heavy (non-hydrogen) atoms. The Balaban J connectivity index is 0.000000637. The minimum Gasteiger partial charge on any atom is -0.496 e. The van der Waals surface area contributed by atoms with E-state index < -0.39 is 83.1 Å². The van der Waals surface area contributed by atoms with Crippen molar-refractivity contribution in [2.45, 2.75) is 216 Å². The highest BCUT2D eigenvalue weighted by molar-refractivity contribution is 7.59. The van der Waals surface area contributed by atoms with Crippen molar-refractivity contribution >= 4 is 83.1 Å². The lowest BCUT2D eigenvalue weighted by atomic mass is 9.93. The average molecular weight is 1550 g/mol. The van der Waals surface area contributed by atoms with E-state index in [0.717, 1.165) is 68.7 Å². The largest absolute Gasteiger partial charge is 0.496 e. The Hall–Kier alpha value is -5.41. The summed E-state index contributed by atoms with van der Waals surface area (Å²) in [6, 6.07) is 3.61. The molecule has 2 aliphatic heterocycles. The molecule has 2 aromatic rings. The number of methoxy groups -OCH3 is 2. The normalized spacial score (nSPS) is 15.7. The first-order valence-electron chi connectivity index (χ1n) is 35.8. The van der Waals surface area contributed by atoms with Crippen LogP contribution in [-0.4, -0.2) is 171 Å². The van der Waals surface area contributed by atoms with Gasteiger partial charge in [-0.15, -0.1) is 0 Å². The molecule has 2 aromatic carbocycles. The molecular weight excluding hydrogens is 1430 g/mol. The van der Waals surface area contributed by atoms with E-state index in [-0.39, 0.29) is 62.2 Å². The van der Waals surface area contributed by atoms with Gasteiger partial charge < -0.3 is 66.4 Å². The summed E-state index contributed by atoms with van der Waals surface area (Å²) in [7, 11) is -6.56. The lowest BCUT2D eigenvalue weighted by Gasteiger charge is -2.22. The second-order valence-electron chi connectivity index (χ2n) is 31.2. The van der Waals surface area contributed by atoms with E-state index in [1.165, 1.54) is 21.1 Å². The molecule has 0 aliphatic carbocycles. The maximum atomic E-state index is 13.4. The van der Waals surface area contributed by atoms with Crippen LogP contribution in [0.15, 0.2) is 47.6 Å². The number of cyclic esters (lactones) is 2. The molecule has 0 fully saturated rings. The van der Waals surface area contributed by atoms with Crippen molar-refractivity contribution in [3.05, 3.63) is 92.1 Å². The van der Waals surface area contributed by atoms with Gasteiger partial charge in [0.25, 0.3) is 0 Å². The summed E-state index contributed by atoms with van der Waals surface area (Å²) in [5.41, 5.74) is 7.76. The Bertz CT molecular complexity index is 3370. The quantitative estimate of drug-likeness (QED) is 0.0205. The van der Waals surface area contributed by atoms with Gasteiger partial charge in [0.15, 0.2) is 0 Å². The second-order valence-corrected chi connectivity index (χ2v) is 58.5. The van der Waals surface area contributed by atoms with Gasteiger partial charge in [0.05, 0.1) is 77.8 Å². The molecule has 0 saturated heterocycles. The van der Waals surface area contributed by atoms with E-state index in [1.807, 2.05) is 39.8 Å². The number of allylic oxidation sites excluding steroid dienone is 8. The van der Waals surface area contributed by atoms with Crippen LogP contribution < -0.4 is 18.9 Å². The highest BCUT2D eigenvalue weighted by Crippen LogP contribution is 2.49. The van der Waals surface area contributed by atoms with Gasteiger partial charge in [-0.05, 0) is 122 Å². The molecule has 28 heteroatoms. The van der Waals surface area contributed by atoms with E-state index in [0.29, 0.717) is 106 Å². The summed E-state index contributed by atoms with van der Waals surface area (Å²) < 4.78 is 91.5. The molecule has 22 nitrogen and oxygen atoms in total. The van der Waals surface area contributed by atoms with Crippen molar-refractivity contribution < 1.29 is 104 Å². The third-order valence-corrected chi connectivity index (χ3v) is 27.7. The van der Waals surface area contributed by atoms with Crippen LogP contribution in [0.1, 0.15) is 121 Å². The Morgan fingerprint density at radius 1 is 0.524 bits per heavy atom. The number of rotatable bonds is 42. The Labute approximate surface area is 619 Å². The zero-order chi connectivity index (χ0) is 78.4. The van der Waals surface area contributed by atoms with E-state index in [4.69, 9.17) is 52.3 Å². The highest BCUT2D eigenvalue weighted by atomic mass is 31.2. The van der Waals surface area contributed by atoms with Gasteiger partial charge in [-0.25, -0.2) is 14.4 Å². The molecule has 0 amide bonds. The highest BCUT2D eigenvalue weighted by Gasteiger charge is 2.36. The first kappa shape index (κ1) is 93.7. The van der Waals surface area contributed by atoms with E-state index >= 15 is 0 Å². The van der Waals surface area contributed by atoms with Crippen LogP contribution >= 0.6 is 15.0 Å². The number of hydrogen-bond acceptors (Lipinski definition) is 21. The molecule has 584 valence electrons. The minimum absolute atomic E-state index is 0.0733. The lowest BCUT2D eigenvalue weighted by Crippen LogP contribution is -2.25. The van der Waals surface area contributed by atoms with Gasteiger partial charge >= 0.3 is 43.4 Å². The molecule has 0 radical (unpaired) electrons. The number of fused-ring (bicyclic) bond motifs is 2. The van der Waals surface area contributed by atoms with Gasteiger partial charge in [0.2, 0.25) is 7.37 Å². The average Bonchev–Trinajstić information content (AvgIpc) is 1.69. The SMILES string of the molecule is CCOC(=O)[C@H](C)CP(=O)(C/C=C/CC(C/C(C)=C/Cc1c(OC)c(C)c2c(c1OCC[Si](C)(C)C)C(=O)OC2)C(=O)OCC[Si](C)(C)C)OC.CCOC(=O)[C@H](C)O.COc1c(C)c2c(c(OCC[Si](C)(C)C)c1C/C=C(\C)CC(C/C=C/CP(=O)(O)OC)C(=O)OCC[Si](C)(C)C)C(=O)OC2. The molecule has 2 N–H and O–H groups in total. The Morgan fingerprint density at radius 2 is 0.893 bits per heavy atom. The van der Waals surface area contributed by atoms with Crippen LogP contribution in [-0.2, 0) is 91.8 Å². The van der Waals surface area contributed by atoms with Crippen molar-refractivity contribution in [3.8, 4) is 23.0 Å². The van der Waals surface area contributed by atoms with Crippen molar-refractivity contribution in [1.82, 2.24) is 0 Å². The molecule has 0 aromatic heterocycles. The number of carbonyl (C=O) groups is 6. The van der Waals surface area contributed by atoms with E-state index in [1.54, 1.807) is 53.2 Å². The predicted molar refractivity (Wildman–Crippen MR) is 418 cm³/mol. The standard InChI is InChI=1S/C38H63O10PSi2.C32H53O9PSi2.C5H10O3/c1-13-45-36(39)28(3)26-49(42,44-6)21-15-14-16-30(37(40)47-20-23-51(10,11)12)24-27(2)17-18-31-34(43-5)29(4)32-25-48-38(41)33(32)35(31)46-19-22-50(7,8)9;1-23(21-25(13-11-12-18-42(35,36)38-4)31(33)40-17-20-44(8,9)10)14-15-26-29(37-3)24(2)27-22-41-32(34)28(27)30(26)39-16-19-43(5,6)7;1-3-8-5(7)4(2)6/h14-15,17,28,30H,13,16,18-26H2,1-12H3;11-12,14,25H,13,15-22H2,1-10H3,(H,35,36);4,6H,3H2,1-2H3/b15-14+,27-17+;12-11+,23-14+;/t28-,30?,49?;;4-/m1.0/s1. The van der Waals surface area contributed by atoms with Gasteiger partial charge in [-0.2, -0.15) is 0 Å². The second kappa shape index (κ2) is 44.0. The van der Waals surface area contributed by atoms with Crippen LogP contribution in [0.2, 0.25) is 103 Å². The van der Waals surface area contributed by atoms with Crippen LogP contribution in [0.4, 0.5) is 0 Å². The lowest BCUT2D eigenvalue weighted by molar-refractivity contribution is -0.152. The smallest absolute Gasteiger partial charge is 0.342 e. The van der Waals surface area contributed by atoms with Gasteiger partial charge in [-0.1, -0.05) is 133 Å². The number of esters is 6. The molecule has 2 heterocycles. The zero-order valence-electron chi connectivity index (χ0n) is 66.6. The van der Waals surface area contributed by atoms with Crippen LogP contribution in [0, 0.1) is 31.6 Å². The van der Waals surface area contributed by atoms with Crippen LogP contribution in [0.5, 0.6) is 23.0 Å². The predicted octanol–water partition coefficient (Wildman–Crippen LogP) is 16.3. The molecule has 0 spiro atoms. The summed E-state index contributed by atoms with van der Waals surface area (Å²) in [4.78, 5) is 84.5. The van der Waals surface area contributed by atoms with E-state index in [9.17, 15) is 42.8 Å². The minimum atomic E-state index is -3.67. The third-order valence-electron chi connectivity index (χ3n) is 17.1. The first-order chi connectivity index (χ1) is 47.8. The fourth-order valence-corrected chi connectivity index (χ4v) is 16.1. The van der Waals surface area contributed by atoms with Gasteiger partial charge in [0.1, 0.15) is 53.4 Å². The number of carbonyl (C=O) groups excluding carboxylic acids is 6. The Kier molecular flexibility index (Phi) is 40.0. The number of hydrogen-bond donors (Lipinski definition) is 2. The summed E-state index contributed by atoms with van der Waals surface area (Å²) in [6.07, 6.45) is 12.6. The number of aliphatic hydroxyl groups excluding tert-OH is 1. The van der Waals surface area contributed by atoms with Gasteiger partial charge in [-0.3, -0.25) is 23.5 Å². The summed E-state index contributed by atoms with van der Waals surface area (Å²) >= 11 is 0. The Morgan fingerprint density at radius 3 is 1.22 bits per heavy atom. The molecule has 4 unspecified atom stereocenters. The summed E-state index contributed by atoms with van der Waals surface area (Å²) in [5, 5.41) is 8.48. The maximum absolute atomic E-state index is 13.4. The van der Waals surface area contributed by atoms with Gasteiger partial charge in [0, 0.05) is 81.1 Å². The molecule has 2 aliphatic rings. The first-order valence-corrected chi connectivity index (χ1v) is 54.4. The fourth-order valence-electron chi connectivity index (χ4n) is 10.7. The zero-order valence-corrected chi connectivity index (χ0v) is 72.4. The molecule has 0 saturated carbocycles. The van der Waals surface area contributed by atoms with Crippen molar-refractivity contribution in [2.75, 3.05) is 86.6 Å².